The number of para-hydroxylation sites is 1. The van der Waals surface area contributed by atoms with Gasteiger partial charge in [-0.3, -0.25) is 0 Å². The third kappa shape index (κ3) is 3.09. The van der Waals surface area contributed by atoms with Gasteiger partial charge in [-0.05, 0) is 30.3 Å². The van der Waals surface area contributed by atoms with E-state index in [-0.39, 0.29) is 5.69 Å². The second-order valence-electron chi connectivity index (χ2n) is 7.28. The summed E-state index contributed by atoms with van der Waals surface area (Å²) in [5.74, 6) is -1.17. The van der Waals surface area contributed by atoms with Gasteiger partial charge >= 0.3 is 0 Å². The van der Waals surface area contributed by atoms with Crippen LogP contribution in [0.25, 0.3) is 17.1 Å². The number of nitrogens with zero attached hydrogens (tertiary/aromatic N) is 2. The zero-order chi connectivity index (χ0) is 23.4. The first-order valence-corrected chi connectivity index (χ1v) is 8.96. The van der Waals surface area contributed by atoms with Gasteiger partial charge in [0.25, 0.3) is 5.82 Å². The summed E-state index contributed by atoms with van der Waals surface area (Å²) < 4.78 is 45.4. The van der Waals surface area contributed by atoms with Crippen molar-refractivity contribution in [3.05, 3.63) is 71.0 Å². The van der Waals surface area contributed by atoms with Crippen LogP contribution < -0.4 is 4.57 Å². The summed E-state index contributed by atoms with van der Waals surface area (Å²) in [6.07, 6.45) is 1.65. The van der Waals surface area contributed by atoms with Gasteiger partial charge in [-0.1, -0.05) is 64.1 Å². The van der Waals surface area contributed by atoms with E-state index in [0.29, 0.717) is 11.5 Å². The molecule has 3 rings (SSSR count). The van der Waals surface area contributed by atoms with E-state index < -0.39 is 18.6 Å². The van der Waals surface area contributed by atoms with Gasteiger partial charge in [-0.15, -0.1) is 0 Å². The zero-order valence-electron chi connectivity index (χ0n) is 21.5. The van der Waals surface area contributed by atoms with Crippen molar-refractivity contribution in [2.75, 3.05) is 0 Å². The summed E-state index contributed by atoms with van der Waals surface area (Å²) in [4.78, 5) is 0. The van der Waals surface area contributed by atoms with E-state index in [1.807, 2.05) is 81.7 Å². The van der Waals surface area contributed by atoms with Crippen LogP contribution in [-0.2, 0) is 7.05 Å². The molecule has 0 aliphatic carbocycles. The maximum atomic E-state index is 8.77. The predicted molar refractivity (Wildman–Crippen MR) is 110 cm³/mol. The molecule has 0 atom stereocenters. The third-order valence-corrected chi connectivity index (χ3v) is 4.90. The van der Waals surface area contributed by atoms with Crippen LogP contribution in [0.1, 0.15) is 68.7 Å². The minimum Gasteiger partial charge on any atom is -0.230 e. The lowest BCUT2D eigenvalue weighted by atomic mass is 9.92. The first-order valence-electron chi connectivity index (χ1n) is 11.5. The number of benzene rings is 2. The molecule has 0 aliphatic heterocycles. The molecule has 0 amide bonds. The number of rotatable bonds is 4. The molecule has 0 saturated heterocycles. The minimum atomic E-state index is -2.31. The lowest BCUT2D eigenvalue weighted by Gasteiger charge is -2.18. The monoisotopic (exact) mass is 352 g/mol. The van der Waals surface area contributed by atoms with Gasteiger partial charge in [-0.25, -0.2) is 4.57 Å². The highest BCUT2D eigenvalue weighted by Crippen LogP contribution is 2.31. The van der Waals surface area contributed by atoms with E-state index in [2.05, 4.69) is 0 Å². The molecule has 2 aromatic carbocycles. The Morgan fingerprint density at radius 2 is 1.58 bits per heavy atom. The van der Waals surface area contributed by atoms with Crippen LogP contribution in [0, 0.1) is 13.8 Å². The van der Waals surface area contributed by atoms with Crippen LogP contribution >= 0.6 is 0 Å². The fourth-order valence-corrected chi connectivity index (χ4v) is 3.46. The van der Waals surface area contributed by atoms with Crippen molar-refractivity contribution in [3.8, 4) is 17.1 Å². The highest BCUT2D eigenvalue weighted by Gasteiger charge is 2.28. The Kier molecular flexibility index (Phi) is 3.53. The summed E-state index contributed by atoms with van der Waals surface area (Å²) in [6, 6.07) is 13.5. The van der Waals surface area contributed by atoms with Crippen molar-refractivity contribution in [1.82, 2.24) is 4.57 Å². The molecule has 2 heteroatoms. The molecule has 0 N–H and O–H groups in total. The molecule has 3 aromatic rings. The lowest BCUT2D eigenvalue weighted by molar-refractivity contribution is -0.584. The van der Waals surface area contributed by atoms with Crippen LogP contribution in [0.5, 0.6) is 0 Å². The third-order valence-electron chi connectivity index (χ3n) is 4.90. The van der Waals surface area contributed by atoms with E-state index >= 15 is 0 Å². The van der Waals surface area contributed by atoms with Crippen LogP contribution in [0.15, 0.2) is 48.7 Å². The summed E-state index contributed by atoms with van der Waals surface area (Å²) in [6.45, 7) is 6.95. The normalized spacial score (nSPS) is 15.7. The second kappa shape index (κ2) is 7.11. The average Bonchev–Trinajstić information content (AvgIpc) is 2.97. The second-order valence-corrected chi connectivity index (χ2v) is 7.28. The molecule has 0 aliphatic rings. The topological polar surface area (TPSA) is 8.81 Å². The van der Waals surface area contributed by atoms with Crippen LogP contribution in [0.3, 0.4) is 0 Å². The number of imidazole rings is 1. The molecule has 0 bridgehead atoms. The number of hydrogen-bond acceptors (Lipinski definition) is 0. The molecule has 1 heterocycles. The van der Waals surface area contributed by atoms with Gasteiger partial charge < -0.3 is 0 Å². The Hall–Kier alpha value is -2.35. The summed E-state index contributed by atoms with van der Waals surface area (Å²) >= 11 is 0. The molecule has 2 nitrogen and oxygen atoms in total. The molecule has 0 radical (unpaired) electrons. The van der Waals surface area contributed by atoms with Gasteiger partial charge in [0.05, 0.1) is 12.6 Å². The SMILES string of the molecule is [2H]C([2H])([2H])c1c[n+](-c2c(C([2H])(C)C)cccc2C([2H])(C)C)c(-c2ccccc2C)n1C. The molecule has 0 fully saturated rings. The molecular formula is C24H31N2+. The standard InChI is InChI=1S/C24H31N2/c1-16(2)20-13-10-14-21(17(3)4)23(20)26-15-19(6)25(7)24(26)22-12-9-8-11-18(22)5/h8-17H,1-7H3/q+1/i6D3,16D,17D. The van der Waals surface area contributed by atoms with Gasteiger partial charge in [-0.2, -0.15) is 4.57 Å². The van der Waals surface area contributed by atoms with Gasteiger partial charge in [0.2, 0.25) is 0 Å². The maximum Gasteiger partial charge on any atom is 0.294 e. The summed E-state index contributed by atoms with van der Waals surface area (Å²) in [5, 5.41) is 0. The highest BCUT2D eigenvalue weighted by molar-refractivity contribution is 5.60. The Labute approximate surface area is 165 Å². The molecule has 136 valence electrons. The average molecular weight is 353 g/mol. The predicted octanol–water partition coefficient (Wildman–Crippen LogP) is 5.83. The van der Waals surface area contributed by atoms with E-state index in [0.717, 1.165) is 22.3 Å². The molecular weight excluding hydrogens is 316 g/mol. The van der Waals surface area contributed by atoms with Crippen LogP contribution in [0.2, 0.25) is 0 Å². The number of aromatic nitrogens is 2. The van der Waals surface area contributed by atoms with E-state index in [1.165, 1.54) is 0 Å². The lowest BCUT2D eigenvalue weighted by Crippen LogP contribution is -2.35. The Balaban J connectivity index is 2.54. The quantitative estimate of drug-likeness (QED) is 0.522. The van der Waals surface area contributed by atoms with Gasteiger partial charge in [0, 0.05) is 24.8 Å². The van der Waals surface area contributed by atoms with Gasteiger partial charge in [0.15, 0.2) is 0 Å². The molecule has 0 unspecified atom stereocenters. The van der Waals surface area contributed by atoms with Crippen LogP contribution in [0.4, 0.5) is 0 Å². The molecule has 26 heavy (non-hydrogen) atoms. The van der Waals surface area contributed by atoms with E-state index in [4.69, 9.17) is 6.85 Å². The molecule has 0 spiro atoms. The van der Waals surface area contributed by atoms with Crippen molar-refractivity contribution in [3.63, 3.8) is 0 Å². The van der Waals surface area contributed by atoms with Crippen molar-refractivity contribution in [2.45, 2.75) is 53.3 Å². The fraction of sp³-hybridized carbons (Fsp3) is 0.375. The fourth-order valence-electron chi connectivity index (χ4n) is 3.46. The summed E-state index contributed by atoms with van der Waals surface area (Å²) in [5.41, 5.74) is 4.32. The Bertz CT molecular complexity index is 1080. The molecule has 0 saturated carbocycles. The minimum absolute atomic E-state index is 0.206. The first-order chi connectivity index (χ1) is 14.1. The van der Waals surface area contributed by atoms with Crippen molar-refractivity contribution >= 4 is 0 Å². The number of aryl methyl sites for hydroxylation is 2. The largest absolute Gasteiger partial charge is 0.294 e. The Morgan fingerprint density at radius 1 is 0.962 bits per heavy atom. The van der Waals surface area contributed by atoms with Crippen molar-refractivity contribution in [1.29, 1.82) is 0 Å². The Morgan fingerprint density at radius 3 is 2.12 bits per heavy atom. The van der Waals surface area contributed by atoms with Crippen molar-refractivity contribution in [2.24, 2.45) is 7.05 Å². The van der Waals surface area contributed by atoms with E-state index in [9.17, 15) is 0 Å². The number of hydrogen-bond donors (Lipinski definition) is 0. The maximum absolute atomic E-state index is 8.77. The zero-order valence-corrected chi connectivity index (χ0v) is 16.5. The van der Waals surface area contributed by atoms with E-state index in [1.54, 1.807) is 17.8 Å². The van der Waals surface area contributed by atoms with Crippen LogP contribution in [-0.4, -0.2) is 4.57 Å². The molecule has 1 aromatic heterocycles. The van der Waals surface area contributed by atoms with Gasteiger partial charge in [0.1, 0.15) is 17.6 Å². The first kappa shape index (κ1) is 12.9. The van der Waals surface area contributed by atoms with Crippen molar-refractivity contribution < 1.29 is 11.4 Å². The smallest absolute Gasteiger partial charge is 0.230 e. The highest BCUT2D eigenvalue weighted by atomic mass is 15.2. The summed E-state index contributed by atoms with van der Waals surface area (Å²) in [7, 11) is 1.76.